The summed E-state index contributed by atoms with van der Waals surface area (Å²) in [6.45, 7) is 8.59. The number of nitrogens with zero attached hydrogens (tertiary/aromatic N) is 1. The van der Waals surface area contributed by atoms with Gasteiger partial charge in [0.15, 0.2) is 0 Å². The zero-order valence-corrected chi connectivity index (χ0v) is 16.9. The lowest BCUT2D eigenvalue weighted by Gasteiger charge is -2.30. The summed E-state index contributed by atoms with van der Waals surface area (Å²) in [6.07, 6.45) is 5.92. The summed E-state index contributed by atoms with van der Waals surface area (Å²) in [7, 11) is 0. The van der Waals surface area contributed by atoms with Crippen molar-refractivity contribution in [1.82, 2.24) is 9.88 Å². The Morgan fingerprint density at radius 2 is 2.00 bits per heavy atom. The van der Waals surface area contributed by atoms with E-state index in [1.165, 1.54) is 6.42 Å². The first-order chi connectivity index (χ1) is 11.9. The summed E-state index contributed by atoms with van der Waals surface area (Å²) in [6, 6.07) is 7.70. The van der Waals surface area contributed by atoms with Gasteiger partial charge in [-0.1, -0.05) is 39.0 Å². The number of benzene rings is 1. The molecule has 1 aliphatic heterocycles. The summed E-state index contributed by atoms with van der Waals surface area (Å²) >= 11 is 0. The number of hydrogen-bond donors (Lipinski definition) is 2. The van der Waals surface area contributed by atoms with Crippen molar-refractivity contribution in [2.24, 2.45) is 17.1 Å². The molecule has 0 saturated carbocycles. The predicted octanol–water partition coefficient (Wildman–Crippen LogP) is 4.13. The number of fused-ring (bicyclic) bond motifs is 1. The van der Waals surface area contributed by atoms with Gasteiger partial charge in [0.25, 0.3) is 0 Å². The van der Waals surface area contributed by atoms with Crippen molar-refractivity contribution in [3.05, 3.63) is 36.0 Å². The molecule has 144 valence electrons. The Labute approximate surface area is 162 Å². The van der Waals surface area contributed by atoms with Gasteiger partial charge in [0.2, 0.25) is 5.91 Å². The zero-order valence-electron chi connectivity index (χ0n) is 16.1. The molecule has 1 unspecified atom stereocenters. The van der Waals surface area contributed by atoms with Gasteiger partial charge < -0.3 is 15.6 Å². The van der Waals surface area contributed by atoms with Gasteiger partial charge in [0.1, 0.15) is 0 Å². The molecule has 1 aromatic heterocycles. The van der Waals surface area contributed by atoms with E-state index in [9.17, 15) is 4.79 Å². The first kappa shape index (κ1) is 20.8. The maximum atomic E-state index is 12.9. The van der Waals surface area contributed by atoms with Gasteiger partial charge in [-0.15, -0.1) is 12.4 Å². The number of rotatable bonds is 3. The Morgan fingerprint density at radius 1 is 1.27 bits per heavy atom. The van der Waals surface area contributed by atoms with Crippen LogP contribution in [0.25, 0.3) is 10.9 Å². The third-order valence-electron chi connectivity index (χ3n) is 5.70. The number of likely N-dealkylation sites (tertiary alicyclic amines) is 1. The second kappa shape index (κ2) is 8.45. The molecule has 2 heterocycles. The van der Waals surface area contributed by atoms with E-state index in [0.29, 0.717) is 17.8 Å². The van der Waals surface area contributed by atoms with E-state index in [0.717, 1.165) is 42.4 Å². The molecule has 0 spiro atoms. The van der Waals surface area contributed by atoms with Crippen molar-refractivity contribution in [3.63, 3.8) is 0 Å². The average molecular weight is 378 g/mol. The number of H-pyrrole nitrogens is 1. The summed E-state index contributed by atoms with van der Waals surface area (Å²) in [4.78, 5) is 18.1. The highest BCUT2D eigenvalue weighted by molar-refractivity contribution is 5.86. The molecule has 3 N–H and O–H groups in total. The third-order valence-corrected chi connectivity index (χ3v) is 5.70. The van der Waals surface area contributed by atoms with E-state index >= 15 is 0 Å². The molecule has 2 atom stereocenters. The summed E-state index contributed by atoms with van der Waals surface area (Å²) < 4.78 is 0. The van der Waals surface area contributed by atoms with Crippen molar-refractivity contribution in [3.8, 4) is 0 Å². The van der Waals surface area contributed by atoms with Gasteiger partial charge in [0.05, 0.1) is 6.04 Å². The highest BCUT2D eigenvalue weighted by Crippen LogP contribution is 2.34. The van der Waals surface area contributed by atoms with Crippen molar-refractivity contribution in [2.45, 2.75) is 52.5 Å². The molecule has 1 aliphatic rings. The van der Waals surface area contributed by atoms with Gasteiger partial charge in [-0.25, -0.2) is 0 Å². The van der Waals surface area contributed by atoms with E-state index in [1.54, 1.807) is 0 Å². The second-order valence-corrected chi connectivity index (χ2v) is 8.49. The number of aromatic amines is 1. The third kappa shape index (κ3) is 4.60. The largest absolute Gasteiger partial charge is 0.361 e. The van der Waals surface area contributed by atoms with Crippen LogP contribution in [-0.2, 0) is 11.2 Å². The lowest BCUT2D eigenvalue weighted by molar-refractivity contribution is -0.132. The van der Waals surface area contributed by atoms with E-state index in [4.69, 9.17) is 5.73 Å². The molecule has 1 aromatic carbocycles. The maximum absolute atomic E-state index is 12.9. The second-order valence-electron chi connectivity index (χ2n) is 8.49. The number of carbonyl (C=O) groups is 1. The Hall–Kier alpha value is -1.52. The molecule has 2 aromatic rings. The van der Waals surface area contributed by atoms with Crippen LogP contribution >= 0.6 is 12.4 Å². The summed E-state index contributed by atoms with van der Waals surface area (Å²) in [5.41, 5.74) is 8.83. The van der Waals surface area contributed by atoms with Crippen LogP contribution in [0.1, 0.15) is 45.6 Å². The molecule has 0 aliphatic carbocycles. The molecular weight excluding hydrogens is 346 g/mol. The first-order valence-electron chi connectivity index (χ1n) is 9.45. The minimum absolute atomic E-state index is 0. The van der Waals surface area contributed by atoms with E-state index in [1.807, 2.05) is 29.3 Å². The molecule has 1 fully saturated rings. The molecule has 26 heavy (non-hydrogen) atoms. The standard InChI is InChI=1S/C21H31N3O.ClH/c1-21(2,3)16-7-6-11-24(12-10-16)20(25)18(22)13-15-14-23-19-9-5-4-8-17(15)19;/h4-5,8-9,14,16,18,23H,6-7,10-13,22H2,1-3H3;1H/t16?,18-;/m0./s1. The fourth-order valence-corrected chi connectivity index (χ4v) is 4.04. The number of para-hydroxylation sites is 1. The van der Waals surface area contributed by atoms with E-state index in [2.05, 4.69) is 31.8 Å². The van der Waals surface area contributed by atoms with Crippen LogP contribution in [0.2, 0.25) is 0 Å². The Bertz CT molecular complexity index is 734. The average Bonchev–Trinajstić information content (AvgIpc) is 2.81. The quantitative estimate of drug-likeness (QED) is 0.844. The zero-order chi connectivity index (χ0) is 18.0. The Morgan fingerprint density at radius 3 is 2.73 bits per heavy atom. The van der Waals surface area contributed by atoms with Crippen molar-refractivity contribution in [1.29, 1.82) is 0 Å². The minimum atomic E-state index is -0.467. The minimum Gasteiger partial charge on any atom is -0.361 e. The van der Waals surface area contributed by atoms with E-state index in [-0.39, 0.29) is 18.3 Å². The van der Waals surface area contributed by atoms with Gasteiger partial charge in [0, 0.05) is 30.2 Å². The topological polar surface area (TPSA) is 62.1 Å². The number of nitrogens with one attached hydrogen (secondary N) is 1. The molecular formula is C21H32ClN3O. The normalized spacial score (nSPS) is 19.7. The lowest BCUT2D eigenvalue weighted by atomic mass is 9.77. The first-order valence-corrected chi connectivity index (χ1v) is 9.45. The summed E-state index contributed by atoms with van der Waals surface area (Å²) in [5.74, 6) is 0.773. The van der Waals surface area contributed by atoms with Gasteiger partial charge in [-0.05, 0) is 48.6 Å². The smallest absolute Gasteiger partial charge is 0.239 e. The molecule has 1 amide bonds. The highest BCUT2D eigenvalue weighted by atomic mass is 35.5. The van der Waals surface area contributed by atoms with Gasteiger partial charge >= 0.3 is 0 Å². The highest BCUT2D eigenvalue weighted by Gasteiger charge is 2.30. The number of carbonyl (C=O) groups excluding carboxylic acids is 1. The van der Waals surface area contributed by atoms with Crippen LogP contribution in [0.15, 0.2) is 30.5 Å². The molecule has 0 bridgehead atoms. The fourth-order valence-electron chi connectivity index (χ4n) is 4.04. The molecule has 3 rings (SSSR count). The van der Waals surface area contributed by atoms with Crippen molar-refractivity contribution < 1.29 is 4.79 Å². The molecule has 5 heteroatoms. The summed E-state index contributed by atoms with van der Waals surface area (Å²) in [5, 5.41) is 1.16. The SMILES string of the molecule is CC(C)(C)C1CCCN(C(=O)[C@@H](N)Cc2c[nH]c3ccccc23)CC1.Cl. The molecule has 4 nitrogen and oxygen atoms in total. The van der Waals surface area contributed by atoms with E-state index < -0.39 is 6.04 Å². The maximum Gasteiger partial charge on any atom is 0.239 e. The Balaban J connectivity index is 0.00000243. The van der Waals surface area contributed by atoms with Crippen LogP contribution in [0.4, 0.5) is 0 Å². The Kier molecular flexibility index (Phi) is 6.75. The number of nitrogens with two attached hydrogens (primary N) is 1. The monoisotopic (exact) mass is 377 g/mol. The van der Waals surface area contributed by atoms with Crippen LogP contribution in [0.5, 0.6) is 0 Å². The predicted molar refractivity (Wildman–Crippen MR) is 111 cm³/mol. The lowest BCUT2D eigenvalue weighted by Crippen LogP contribution is -2.45. The van der Waals surface area contributed by atoms with Crippen LogP contribution in [0.3, 0.4) is 0 Å². The van der Waals surface area contributed by atoms with Crippen LogP contribution in [-0.4, -0.2) is 34.9 Å². The van der Waals surface area contributed by atoms with Gasteiger partial charge in [-0.3, -0.25) is 4.79 Å². The van der Waals surface area contributed by atoms with Crippen molar-refractivity contribution >= 4 is 29.2 Å². The number of aromatic nitrogens is 1. The van der Waals surface area contributed by atoms with Crippen LogP contribution in [0, 0.1) is 11.3 Å². The number of halogens is 1. The molecule has 1 saturated heterocycles. The fraction of sp³-hybridized carbons (Fsp3) is 0.571. The number of amides is 1. The number of hydrogen-bond acceptors (Lipinski definition) is 2. The van der Waals surface area contributed by atoms with Gasteiger partial charge in [-0.2, -0.15) is 0 Å². The van der Waals surface area contributed by atoms with Crippen LogP contribution < -0.4 is 5.73 Å². The van der Waals surface area contributed by atoms with Crippen molar-refractivity contribution in [2.75, 3.05) is 13.1 Å². The molecule has 0 radical (unpaired) electrons.